The maximum absolute atomic E-state index is 12.9. The molecule has 0 saturated carbocycles. The molecular formula is C9H10Cl2FNO. The van der Waals surface area contributed by atoms with E-state index in [4.69, 9.17) is 28.9 Å². The zero-order valence-electron chi connectivity index (χ0n) is 7.47. The van der Waals surface area contributed by atoms with Gasteiger partial charge in [-0.1, -0.05) is 29.3 Å². The topological polar surface area (TPSA) is 46.2 Å². The van der Waals surface area contributed by atoms with Gasteiger partial charge in [0, 0.05) is 11.6 Å². The lowest BCUT2D eigenvalue weighted by Gasteiger charge is -2.16. The molecule has 0 aliphatic heterocycles. The van der Waals surface area contributed by atoms with Crippen LogP contribution in [-0.2, 0) is 0 Å². The van der Waals surface area contributed by atoms with Gasteiger partial charge in [0.2, 0.25) is 0 Å². The fourth-order valence-corrected chi connectivity index (χ4v) is 1.49. The van der Waals surface area contributed by atoms with E-state index < -0.39 is 18.0 Å². The molecule has 1 rings (SSSR count). The lowest BCUT2D eigenvalue weighted by Crippen LogP contribution is -2.24. The van der Waals surface area contributed by atoms with Gasteiger partial charge in [-0.15, -0.1) is 0 Å². The Bertz CT molecular complexity index is 344. The van der Waals surface area contributed by atoms with Gasteiger partial charge in [-0.25, -0.2) is 4.39 Å². The van der Waals surface area contributed by atoms with E-state index in [1.54, 1.807) is 6.92 Å². The highest BCUT2D eigenvalue weighted by molar-refractivity contribution is 6.42. The summed E-state index contributed by atoms with van der Waals surface area (Å²) in [6.45, 7) is 1.62. The molecule has 0 spiro atoms. The SMILES string of the molecule is C[C@@H](N)[C@@H](O)c1ccc(F)c(Cl)c1Cl. The summed E-state index contributed by atoms with van der Waals surface area (Å²) in [5, 5.41) is 9.42. The van der Waals surface area contributed by atoms with Crippen molar-refractivity contribution in [3.63, 3.8) is 0 Å². The molecule has 0 aliphatic rings. The van der Waals surface area contributed by atoms with Gasteiger partial charge >= 0.3 is 0 Å². The number of rotatable bonds is 2. The lowest BCUT2D eigenvalue weighted by atomic mass is 10.0. The first-order valence-corrected chi connectivity index (χ1v) is 4.77. The van der Waals surface area contributed by atoms with E-state index in [0.29, 0.717) is 5.56 Å². The van der Waals surface area contributed by atoms with Gasteiger partial charge in [-0.2, -0.15) is 0 Å². The Hall–Kier alpha value is -0.350. The molecule has 0 saturated heterocycles. The molecule has 0 fully saturated rings. The molecule has 0 amide bonds. The van der Waals surface area contributed by atoms with Crippen molar-refractivity contribution >= 4 is 23.2 Å². The Morgan fingerprint density at radius 1 is 1.36 bits per heavy atom. The Balaban J connectivity index is 3.17. The highest BCUT2D eigenvalue weighted by Gasteiger charge is 2.19. The van der Waals surface area contributed by atoms with Crippen LogP contribution in [-0.4, -0.2) is 11.1 Å². The first-order chi connectivity index (χ1) is 6.45. The van der Waals surface area contributed by atoms with Crippen LogP contribution in [0.15, 0.2) is 12.1 Å². The zero-order chi connectivity index (χ0) is 10.9. The minimum absolute atomic E-state index is 0.0106. The van der Waals surface area contributed by atoms with Crippen LogP contribution in [0.25, 0.3) is 0 Å². The van der Waals surface area contributed by atoms with E-state index in [1.165, 1.54) is 6.07 Å². The van der Waals surface area contributed by atoms with Crippen LogP contribution in [0, 0.1) is 5.82 Å². The van der Waals surface area contributed by atoms with Crippen molar-refractivity contribution < 1.29 is 9.50 Å². The molecule has 2 nitrogen and oxygen atoms in total. The summed E-state index contributed by atoms with van der Waals surface area (Å²) in [6.07, 6.45) is -0.944. The quantitative estimate of drug-likeness (QED) is 0.777. The average molecular weight is 238 g/mol. The molecule has 5 heteroatoms. The van der Waals surface area contributed by atoms with Crippen molar-refractivity contribution in [2.45, 2.75) is 19.1 Å². The highest BCUT2D eigenvalue weighted by Crippen LogP contribution is 2.32. The highest BCUT2D eigenvalue weighted by atomic mass is 35.5. The molecular weight excluding hydrogens is 228 g/mol. The maximum atomic E-state index is 12.9. The number of halogens is 3. The summed E-state index contributed by atoms with van der Waals surface area (Å²) >= 11 is 11.3. The normalized spacial score (nSPS) is 15.3. The second kappa shape index (κ2) is 4.45. The van der Waals surface area contributed by atoms with E-state index in [2.05, 4.69) is 0 Å². The predicted octanol–water partition coefficient (Wildman–Crippen LogP) is 2.51. The first-order valence-electron chi connectivity index (χ1n) is 4.02. The van der Waals surface area contributed by atoms with Crippen molar-refractivity contribution in [2.75, 3.05) is 0 Å². The summed E-state index contributed by atoms with van der Waals surface area (Å²) in [7, 11) is 0. The van der Waals surface area contributed by atoms with E-state index in [9.17, 15) is 9.50 Å². The second-order valence-electron chi connectivity index (χ2n) is 3.07. The molecule has 78 valence electrons. The second-order valence-corrected chi connectivity index (χ2v) is 3.82. The molecule has 0 aromatic heterocycles. The number of nitrogens with two attached hydrogens (primary N) is 1. The number of hydrogen-bond acceptors (Lipinski definition) is 2. The summed E-state index contributed by atoms with van der Waals surface area (Å²) < 4.78 is 12.9. The number of aliphatic hydroxyl groups is 1. The molecule has 0 unspecified atom stereocenters. The summed E-state index contributed by atoms with van der Waals surface area (Å²) in [4.78, 5) is 0. The van der Waals surface area contributed by atoms with Crippen molar-refractivity contribution in [2.24, 2.45) is 5.73 Å². The van der Waals surface area contributed by atoms with Gasteiger partial charge < -0.3 is 10.8 Å². The summed E-state index contributed by atoms with van der Waals surface area (Å²) in [5.41, 5.74) is 5.82. The molecule has 0 aliphatic carbocycles. The minimum Gasteiger partial charge on any atom is -0.387 e. The molecule has 14 heavy (non-hydrogen) atoms. The molecule has 1 aromatic carbocycles. The number of hydrogen-bond donors (Lipinski definition) is 2. The minimum atomic E-state index is -0.944. The van der Waals surface area contributed by atoms with Crippen LogP contribution in [0.2, 0.25) is 10.0 Å². The third kappa shape index (κ3) is 2.17. The van der Waals surface area contributed by atoms with E-state index >= 15 is 0 Å². The van der Waals surface area contributed by atoms with E-state index in [-0.39, 0.29) is 10.0 Å². The van der Waals surface area contributed by atoms with Crippen LogP contribution in [0.3, 0.4) is 0 Å². The Morgan fingerprint density at radius 3 is 2.43 bits per heavy atom. The van der Waals surface area contributed by atoms with E-state index in [0.717, 1.165) is 6.07 Å². The first kappa shape index (κ1) is 11.7. The molecule has 0 heterocycles. The van der Waals surface area contributed by atoms with Gasteiger partial charge in [0.15, 0.2) is 0 Å². The van der Waals surface area contributed by atoms with Gasteiger partial charge in [0.25, 0.3) is 0 Å². The molecule has 2 atom stereocenters. The van der Waals surface area contributed by atoms with Crippen LogP contribution < -0.4 is 5.73 Å². The standard InChI is InChI=1S/C9H10Cl2FNO/c1-4(13)9(14)5-2-3-6(12)8(11)7(5)10/h2-4,9,14H,13H2,1H3/t4-,9-/m1/s1. The Labute approximate surface area is 91.4 Å². The summed E-state index contributed by atoms with van der Waals surface area (Å²) in [5.74, 6) is -0.614. The average Bonchev–Trinajstić information content (AvgIpc) is 2.13. The van der Waals surface area contributed by atoms with Crippen LogP contribution in [0.1, 0.15) is 18.6 Å². The van der Waals surface area contributed by atoms with Crippen LogP contribution >= 0.6 is 23.2 Å². The van der Waals surface area contributed by atoms with Crippen molar-refractivity contribution in [3.8, 4) is 0 Å². The number of benzene rings is 1. The molecule has 1 aromatic rings. The van der Waals surface area contributed by atoms with Gasteiger partial charge in [-0.3, -0.25) is 0 Å². The summed E-state index contributed by atoms with van der Waals surface area (Å²) in [6, 6.07) is 2.03. The monoisotopic (exact) mass is 237 g/mol. The van der Waals surface area contributed by atoms with Gasteiger partial charge in [0.05, 0.1) is 16.1 Å². The molecule has 3 N–H and O–H groups in total. The van der Waals surface area contributed by atoms with E-state index in [1.807, 2.05) is 0 Å². The van der Waals surface area contributed by atoms with Crippen LogP contribution in [0.4, 0.5) is 4.39 Å². The zero-order valence-corrected chi connectivity index (χ0v) is 8.98. The largest absolute Gasteiger partial charge is 0.387 e. The third-order valence-corrected chi connectivity index (χ3v) is 2.76. The van der Waals surface area contributed by atoms with Crippen molar-refractivity contribution in [1.82, 2.24) is 0 Å². The smallest absolute Gasteiger partial charge is 0.143 e. The molecule has 0 bridgehead atoms. The fourth-order valence-electron chi connectivity index (χ4n) is 1.05. The predicted molar refractivity (Wildman–Crippen MR) is 55.0 cm³/mol. The number of aliphatic hydroxyl groups excluding tert-OH is 1. The van der Waals surface area contributed by atoms with Crippen molar-refractivity contribution in [1.29, 1.82) is 0 Å². The maximum Gasteiger partial charge on any atom is 0.143 e. The fraction of sp³-hybridized carbons (Fsp3) is 0.333. The third-order valence-electron chi connectivity index (χ3n) is 1.88. The lowest BCUT2D eigenvalue weighted by molar-refractivity contribution is 0.153. The Morgan fingerprint density at radius 2 is 1.93 bits per heavy atom. The van der Waals surface area contributed by atoms with Gasteiger partial charge in [0.1, 0.15) is 5.82 Å². The Kier molecular flexibility index (Phi) is 3.72. The van der Waals surface area contributed by atoms with Crippen LogP contribution in [0.5, 0.6) is 0 Å². The molecule has 0 radical (unpaired) electrons. The van der Waals surface area contributed by atoms with Crippen molar-refractivity contribution in [3.05, 3.63) is 33.6 Å². The van der Waals surface area contributed by atoms with Gasteiger partial charge in [-0.05, 0) is 13.0 Å².